The minimum atomic E-state index is 0.736. The lowest BCUT2D eigenvalue weighted by molar-refractivity contribution is 0.219. The van der Waals surface area contributed by atoms with Crippen LogP contribution in [0.4, 0.5) is 0 Å². The van der Waals surface area contributed by atoms with E-state index in [0.29, 0.717) is 0 Å². The van der Waals surface area contributed by atoms with Crippen molar-refractivity contribution in [2.24, 2.45) is 0 Å². The van der Waals surface area contributed by atoms with Gasteiger partial charge in [0.1, 0.15) is 12.4 Å². The molecule has 2 aliphatic rings. The van der Waals surface area contributed by atoms with Gasteiger partial charge in [-0.1, -0.05) is 30.3 Å². The molecule has 0 fully saturated rings. The monoisotopic (exact) mass is 385 g/mol. The third-order valence-electron chi connectivity index (χ3n) is 5.96. The fourth-order valence-corrected chi connectivity index (χ4v) is 4.43. The minimum Gasteiger partial charge on any atom is -0.492 e. The number of benzene rings is 2. The van der Waals surface area contributed by atoms with Gasteiger partial charge in [0.15, 0.2) is 0 Å². The molecular weight excluding hydrogens is 358 g/mol. The predicted octanol–water partition coefficient (Wildman–Crippen LogP) is 4.03. The predicted molar refractivity (Wildman–Crippen MR) is 115 cm³/mol. The molecule has 0 spiro atoms. The first-order valence-corrected chi connectivity index (χ1v) is 10.5. The van der Waals surface area contributed by atoms with Crippen LogP contribution in [0.15, 0.2) is 67.0 Å². The first-order valence-electron chi connectivity index (χ1n) is 10.5. The molecule has 0 amide bonds. The molecule has 0 bridgehead atoms. The number of fused-ring (bicyclic) bond motifs is 2. The number of hydrogen-bond donors (Lipinski definition) is 0. The second-order valence-corrected chi connectivity index (χ2v) is 8.09. The van der Waals surface area contributed by atoms with Crippen molar-refractivity contribution in [1.82, 2.24) is 14.8 Å². The normalized spacial score (nSPS) is 17.1. The van der Waals surface area contributed by atoms with Crippen molar-refractivity contribution in [2.75, 3.05) is 19.7 Å². The average Bonchev–Trinajstić information content (AvgIpc) is 2.95. The summed E-state index contributed by atoms with van der Waals surface area (Å²) in [6, 6.07) is 19.8. The van der Waals surface area contributed by atoms with E-state index >= 15 is 0 Å². The van der Waals surface area contributed by atoms with E-state index < -0.39 is 0 Å². The zero-order chi connectivity index (χ0) is 19.5. The molecule has 0 atom stereocenters. The average molecular weight is 386 g/mol. The molecule has 3 heterocycles. The Morgan fingerprint density at radius 2 is 1.52 bits per heavy atom. The highest BCUT2D eigenvalue weighted by molar-refractivity contribution is 5.38. The SMILES string of the molecule is c1ccc2c(c1)CCN(Cc1ccc3c(c1)CN(Cc1ccncc1)CCO3)C2. The maximum atomic E-state index is 6.04. The quantitative estimate of drug-likeness (QED) is 0.678. The third-order valence-corrected chi connectivity index (χ3v) is 5.96. The summed E-state index contributed by atoms with van der Waals surface area (Å²) in [5, 5.41) is 0. The highest BCUT2D eigenvalue weighted by atomic mass is 16.5. The molecule has 0 saturated carbocycles. The highest BCUT2D eigenvalue weighted by Gasteiger charge is 2.19. The van der Waals surface area contributed by atoms with Crippen molar-refractivity contribution in [1.29, 1.82) is 0 Å². The largest absolute Gasteiger partial charge is 0.492 e. The maximum Gasteiger partial charge on any atom is 0.123 e. The Morgan fingerprint density at radius 1 is 0.759 bits per heavy atom. The maximum absolute atomic E-state index is 6.04. The van der Waals surface area contributed by atoms with Crippen LogP contribution in [-0.2, 0) is 32.6 Å². The van der Waals surface area contributed by atoms with Crippen molar-refractivity contribution < 1.29 is 4.74 Å². The van der Waals surface area contributed by atoms with E-state index in [-0.39, 0.29) is 0 Å². The van der Waals surface area contributed by atoms with Crippen LogP contribution in [0, 0.1) is 0 Å². The third kappa shape index (κ3) is 4.34. The van der Waals surface area contributed by atoms with Crippen LogP contribution >= 0.6 is 0 Å². The van der Waals surface area contributed by atoms with Gasteiger partial charge in [0, 0.05) is 57.2 Å². The van der Waals surface area contributed by atoms with Gasteiger partial charge in [-0.25, -0.2) is 0 Å². The van der Waals surface area contributed by atoms with Crippen LogP contribution in [0.1, 0.15) is 27.8 Å². The molecule has 0 radical (unpaired) electrons. The van der Waals surface area contributed by atoms with Crippen molar-refractivity contribution in [3.63, 3.8) is 0 Å². The Labute approximate surface area is 172 Å². The molecular formula is C25H27N3O. The van der Waals surface area contributed by atoms with Gasteiger partial charge in [-0.2, -0.15) is 0 Å². The van der Waals surface area contributed by atoms with Crippen molar-refractivity contribution in [2.45, 2.75) is 32.6 Å². The van der Waals surface area contributed by atoms with E-state index in [9.17, 15) is 0 Å². The van der Waals surface area contributed by atoms with Crippen LogP contribution in [0.5, 0.6) is 5.75 Å². The van der Waals surface area contributed by atoms with E-state index in [1.165, 1.54) is 27.8 Å². The standard InChI is InChI=1S/C25H27N3O/c1-2-4-23-18-27(12-9-22(23)3-1)17-21-5-6-25-24(15-21)19-28(13-14-29-25)16-20-7-10-26-11-8-20/h1-8,10-11,15H,9,12-14,16-19H2. The molecule has 2 aromatic carbocycles. The van der Waals surface area contributed by atoms with Crippen LogP contribution in [0.25, 0.3) is 0 Å². The molecule has 0 N–H and O–H groups in total. The second kappa shape index (κ2) is 8.36. The van der Waals surface area contributed by atoms with E-state index in [2.05, 4.69) is 69.4 Å². The molecule has 0 unspecified atom stereocenters. The molecule has 29 heavy (non-hydrogen) atoms. The van der Waals surface area contributed by atoms with E-state index in [0.717, 1.165) is 58.0 Å². The molecule has 4 nitrogen and oxygen atoms in total. The smallest absolute Gasteiger partial charge is 0.123 e. The van der Waals surface area contributed by atoms with Crippen LogP contribution < -0.4 is 4.74 Å². The second-order valence-electron chi connectivity index (χ2n) is 8.09. The summed E-state index contributed by atoms with van der Waals surface area (Å²) in [6.07, 6.45) is 4.88. The van der Waals surface area contributed by atoms with Crippen LogP contribution in [-0.4, -0.2) is 34.5 Å². The Hall–Kier alpha value is -2.69. The van der Waals surface area contributed by atoms with Crippen LogP contribution in [0.3, 0.4) is 0 Å². The lowest BCUT2D eigenvalue weighted by Crippen LogP contribution is -2.30. The summed E-state index contributed by atoms with van der Waals surface area (Å²) in [7, 11) is 0. The molecule has 0 aliphatic carbocycles. The van der Waals surface area contributed by atoms with Gasteiger partial charge >= 0.3 is 0 Å². The lowest BCUT2D eigenvalue weighted by atomic mass is 9.99. The first-order chi connectivity index (χ1) is 14.3. The number of hydrogen-bond acceptors (Lipinski definition) is 4. The molecule has 3 aromatic rings. The Balaban J connectivity index is 1.29. The van der Waals surface area contributed by atoms with Gasteiger partial charge < -0.3 is 4.74 Å². The number of nitrogens with zero attached hydrogens (tertiary/aromatic N) is 3. The summed E-state index contributed by atoms with van der Waals surface area (Å²) in [5.41, 5.74) is 6.95. The summed E-state index contributed by atoms with van der Waals surface area (Å²) >= 11 is 0. The van der Waals surface area contributed by atoms with Gasteiger partial charge in [-0.15, -0.1) is 0 Å². The van der Waals surface area contributed by atoms with E-state index in [4.69, 9.17) is 4.74 Å². The topological polar surface area (TPSA) is 28.6 Å². The van der Waals surface area contributed by atoms with E-state index in [1.54, 1.807) is 0 Å². The first kappa shape index (κ1) is 18.3. The fraction of sp³-hybridized carbons (Fsp3) is 0.320. The summed E-state index contributed by atoms with van der Waals surface area (Å²) < 4.78 is 6.04. The van der Waals surface area contributed by atoms with Crippen molar-refractivity contribution in [3.8, 4) is 5.75 Å². The van der Waals surface area contributed by atoms with Crippen molar-refractivity contribution in [3.05, 3.63) is 94.8 Å². The zero-order valence-corrected chi connectivity index (χ0v) is 16.8. The fourth-order valence-electron chi connectivity index (χ4n) is 4.43. The molecule has 4 heteroatoms. The molecule has 2 aliphatic heterocycles. The number of ether oxygens (including phenoxy) is 1. The number of rotatable bonds is 4. The number of pyridine rings is 1. The van der Waals surface area contributed by atoms with Gasteiger partial charge in [-0.05, 0) is 52.9 Å². The Morgan fingerprint density at radius 3 is 2.41 bits per heavy atom. The molecule has 1 aromatic heterocycles. The Bertz CT molecular complexity index is 973. The van der Waals surface area contributed by atoms with Crippen LogP contribution in [0.2, 0.25) is 0 Å². The number of aromatic nitrogens is 1. The molecule has 148 valence electrons. The summed E-state index contributed by atoms with van der Waals surface area (Å²) in [4.78, 5) is 9.14. The van der Waals surface area contributed by atoms with Crippen molar-refractivity contribution >= 4 is 0 Å². The summed E-state index contributed by atoms with van der Waals surface area (Å²) in [6.45, 7) is 6.69. The lowest BCUT2D eigenvalue weighted by Gasteiger charge is -2.29. The van der Waals surface area contributed by atoms with Gasteiger partial charge in [0.2, 0.25) is 0 Å². The zero-order valence-electron chi connectivity index (χ0n) is 16.8. The van der Waals surface area contributed by atoms with Gasteiger partial charge in [0.25, 0.3) is 0 Å². The highest BCUT2D eigenvalue weighted by Crippen LogP contribution is 2.27. The minimum absolute atomic E-state index is 0.736. The van der Waals surface area contributed by atoms with E-state index in [1.807, 2.05) is 12.4 Å². The molecule has 0 saturated heterocycles. The molecule has 5 rings (SSSR count). The van der Waals surface area contributed by atoms with Gasteiger partial charge in [0.05, 0.1) is 0 Å². The Kier molecular flexibility index (Phi) is 5.29. The summed E-state index contributed by atoms with van der Waals surface area (Å²) in [5.74, 6) is 1.04. The van der Waals surface area contributed by atoms with Gasteiger partial charge in [-0.3, -0.25) is 14.8 Å².